The fourth-order valence-corrected chi connectivity index (χ4v) is 2.45. The summed E-state index contributed by atoms with van der Waals surface area (Å²) in [7, 11) is 3.01. The molecule has 0 saturated heterocycles. The number of alkyl halides is 2. The molecule has 140 valence electrons. The Morgan fingerprint density at radius 1 is 1.07 bits per heavy atom. The van der Waals surface area contributed by atoms with Crippen LogP contribution in [0.5, 0.6) is 17.2 Å². The Kier molecular flexibility index (Phi) is 5.35. The first-order chi connectivity index (χ1) is 13.0. The van der Waals surface area contributed by atoms with Crippen molar-refractivity contribution >= 4 is 17.9 Å². The number of para-hydroxylation sites is 1. The van der Waals surface area contributed by atoms with Crippen LogP contribution in [-0.2, 0) is 9.53 Å². The highest BCUT2D eigenvalue weighted by molar-refractivity contribution is 6.13. The van der Waals surface area contributed by atoms with E-state index in [1.54, 1.807) is 24.3 Å². The minimum absolute atomic E-state index is 0.000293. The number of methoxy groups -OCH3 is 2. The van der Waals surface area contributed by atoms with Crippen molar-refractivity contribution in [2.24, 2.45) is 4.99 Å². The number of hydrogen-bond acceptors (Lipinski definition) is 6. The van der Waals surface area contributed by atoms with E-state index < -0.39 is 12.6 Å². The van der Waals surface area contributed by atoms with Gasteiger partial charge in [-0.2, -0.15) is 8.78 Å². The van der Waals surface area contributed by atoms with Gasteiger partial charge in [-0.1, -0.05) is 12.1 Å². The zero-order chi connectivity index (χ0) is 19.4. The van der Waals surface area contributed by atoms with E-state index in [2.05, 4.69) is 9.73 Å². The molecule has 0 N–H and O–H groups in total. The van der Waals surface area contributed by atoms with Gasteiger partial charge in [-0.15, -0.1) is 0 Å². The smallest absolute Gasteiger partial charge is 0.387 e. The number of aliphatic imine (C=N–C) groups is 1. The van der Waals surface area contributed by atoms with Crippen molar-refractivity contribution in [3.05, 3.63) is 59.3 Å². The van der Waals surface area contributed by atoms with Crippen LogP contribution in [0, 0.1) is 0 Å². The average Bonchev–Trinajstić information content (AvgIpc) is 3.02. The van der Waals surface area contributed by atoms with Crippen LogP contribution in [0.1, 0.15) is 11.1 Å². The van der Waals surface area contributed by atoms with Gasteiger partial charge in [0.25, 0.3) is 0 Å². The maximum atomic E-state index is 12.6. The van der Waals surface area contributed by atoms with Gasteiger partial charge in [-0.05, 0) is 30.3 Å². The van der Waals surface area contributed by atoms with Crippen LogP contribution in [0.25, 0.3) is 6.08 Å². The lowest BCUT2D eigenvalue weighted by molar-refractivity contribution is -0.129. The number of carbonyl (C=O) groups is 1. The van der Waals surface area contributed by atoms with Gasteiger partial charge in [-0.3, -0.25) is 0 Å². The molecule has 6 nitrogen and oxygen atoms in total. The van der Waals surface area contributed by atoms with E-state index in [1.165, 1.54) is 38.5 Å². The Balaban J connectivity index is 1.97. The van der Waals surface area contributed by atoms with Gasteiger partial charge in [0, 0.05) is 11.6 Å². The molecule has 0 amide bonds. The molecule has 1 heterocycles. The standard InChI is InChI=1S/C19H15F2NO5/c1-24-12-8-7-11(16(10-12)25-2)9-14-18(23)27-17(22-14)13-5-3-4-6-15(13)26-19(20)21/h3-10,19H,1-2H3/b14-9-. The van der Waals surface area contributed by atoms with Gasteiger partial charge in [0.1, 0.15) is 17.2 Å². The number of nitrogens with zero attached hydrogens (tertiary/aromatic N) is 1. The van der Waals surface area contributed by atoms with Crippen LogP contribution in [0.2, 0.25) is 0 Å². The number of benzene rings is 2. The number of halogens is 2. The van der Waals surface area contributed by atoms with Crippen LogP contribution in [-0.4, -0.2) is 32.7 Å². The summed E-state index contributed by atoms with van der Waals surface area (Å²) < 4.78 is 45.1. The van der Waals surface area contributed by atoms with E-state index >= 15 is 0 Å². The van der Waals surface area contributed by atoms with Crippen molar-refractivity contribution in [3.8, 4) is 17.2 Å². The molecule has 27 heavy (non-hydrogen) atoms. The first-order valence-electron chi connectivity index (χ1n) is 7.80. The summed E-state index contributed by atoms with van der Waals surface area (Å²) >= 11 is 0. The van der Waals surface area contributed by atoms with E-state index in [-0.39, 0.29) is 22.9 Å². The molecular weight excluding hydrogens is 360 g/mol. The van der Waals surface area contributed by atoms with Crippen LogP contribution < -0.4 is 14.2 Å². The lowest BCUT2D eigenvalue weighted by atomic mass is 10.1. The van der Waals surface area contributed by atoms with Gasteiger partial charge < -0.3 is 18.9 Å². The van der Waals surface area contributed by atoms with Gasteiger partial charge in [0.15, 0.2) is 5.70 Å². The van der Waals surface area contributed by atoms with Crippen molar-refractivity contribution in [1.82, 2.24) is 0 Å². The van der Waals surface area contributed by atoms with E-state index in [0.29, 0.717) is 17.1 Å². The summed E-state index contributed by atoms with van der Waals surface area (Å²) in [4.78, 5) is 16.3. The molecule has 2 aromatic rings. The van der Waals surface area contributed by atoms with Gasteiger partial charge in [0.05, 0.1) is 19.8 Å². The quantitative estimate of drug-likeness (QED) is 0.570. The zero-order valence-electron chi connectivity index (χ0n) is 14.4. The Morgan fingerprint density at radius 2 is 1.85 bits per heavy atom. The highest BCUT2D eigenvalue weighted by Crippen LogP contribution is 2.30. The summed E-state index contributed by atoms with van der Waals surface area (Å²) in [5, 5.41) is 0. The van der Waals surface area contributed by atoms with Crippen molar-refractivity contribution < 1.29 is 32.5 Å². The van der Waals surface area contributed by atoms with E-state index in [9.17, 15) is 13.6 Å². The molecule has 3 rings (SSSR count). The first kappa shape index (κ1) is 18.4. The molecule has 0 atom stereocenters. The molecule has 1 aliphatic rings. The number of esters is 1. The third-order valence-electron chi connectivity index (χ3n) is 3.69. The fourth-order valence-electron chi connectivity index (χ4n) is 2.45. The minimum Gasteiger partial charge on any atom is -0.497 e. The number of carbonyl (C=O) groups excluding carboxylic acids is 1. The van der Waals surface area contributed by atoms with Crippen LogP contribution in [0.15, 0.2) is 53.2 Å². The number of rotatable bonds is 6. The van der Waals surface area contributed by atoms with Gasteiger partial charge >= 0.3 is 12.6 Å². The highest BCUT2D eigenvalue weighted by atomic mass is 19.3. The lowest BCUT2D eigenvalue weighted by Gasteiger charge is -2.08. The van der Waals surface area contributed by atoms with Crippen molar-refractivity contribution in [2.75, 3.05) is 14.2 Å². The van der Waals surface area contributed by atoms with Crippen molar-refractivity contribution in [3.63, 3.8) is 0 Å². The summed E-state index contributed by atoms with van der Waals surface area (Å²) in [6.07, 6.45) is 1.48. The third kappa shape index (κ3) is 4.05. The summed E-state index contributed by atoms with van der Waals surface area (Å²) in [5.41, 5.74) is 0.726. The number of ether oxygens (including phenoxy) is 4. The van der Waals surface area contributed by atoms with Crippen LogP contribution in [0.3, 0.4) is 0 Å². The monoisotopic (exact) mass is 375 g/mol. The molecule has 8 heteroatoms. The van der Waals surface area contributed by atoms with Crippen molar-refractivity contribution in [1.29, 1.82) is 0 Å². The molecule has 0 fully saturated rings. The van der Waals surface area contributed by atoms with Crippen molar-refractivity contribution in [2.45, 2.75) is 6.61 Å². The third-order valence-corrected chi connectivity index (χ3v) is 3.69. The second-order valence-electron chi connectivity index (χ2n) is 5.32. The molecule has 0 bridgehead atoms. The van der Waals surface area contributed by atoms with E-state index in [0.717, 1.165) is 0 Å². The molecule has 2 aromatic carbocycles. The predicted molar refractivity (Wildman–Crippen MR) is 93.2 cm³/mol. The molecule has 0 radical (unpaired) electrons. The zero-order valence-corrected chi connectivity index (χ0v) is 14.4. The second-order valence-corrected chi connectivity index (χ2v) is 5.32. The van der Waals surface area contributed by atoms with E-state index in [4.69, 9.17) is 14.2 Å². The van der Waals surface area contributed by atoms with Gasteiger partial charge in [-0.25, -0.2) is 9.79 Å². The number of hydrogen-bond donors (Lipinski definition) is 0. The number of cyclic esters (lactones) is 1. The maximum Gasteiger partial charge on any atom is 0.387 e. The van der Waals surface area contributed by atoms with Crippen LogP contribution in [0.4, 0.5) is 8.78 Å². The molecule has 1 aliphatic heterocycles. The molecular formula is C19H15F2NO5. The van der Waals surface area contributed by atoms with E-state index in [1.807, 2.05) is 0 Å². The first-order valence-corrected chi connectivity index (χ1v) is 7.80. The molecule has 0 aromatic heterocycles. The average molecular weight is 375 g/mol. The molecule has 0 aliphatic carbocycles. The second kappa shape index (κ2) is 7.86. The molecule has 0 unspecified atom stereocenters. The Morgan fingerprint density at radius 3 is 2.56 bits per heavy atom. The highest BCUT2D eigenvalue weighted by Gasteiger charge is 2.27. The minimum atomic E-state index is -3.01. The normalized spacial score (nSPS) is 14.9. The topological polar surface area (TPSA) is 66.3 Å². The molecule has 0 saturated carbocycles. The molecule has 0 spiro atoms. The Bertz CT molecular complexity index is 924. The summed E-state index contributed by atoms with van der Waals surface area (Å²) in [6.45, 7) is -3.01. The Hall–Kier alpha value is -3.42. The summed E-state index contributed by atoms with van der Waals surface area (Å²) in [6, 6.07) is 11.0. The van der Waals surface area contributed by atoms with Gasteiger partial charge in [0.2, 0.25) is 5.90 Å². The lowest BCUT2D eigenvalue weighted by Crippen LogP contribution is -2.10. The largest absolute Gasteiger partial charge is 0.497 e. The maximum absolute atomic E-state index is 12.6. The summed E-state index contributed by atoms with van der Waals surface area (Å²) in [5.74, 6) is 0.0945. The SMILES string of the molecule is COc1ccc(/C=C2\N=C(c3ccccc3OC(F)F)OC2=O)c(OC)c1. The fraction of sp³-hybridized carbons (Fsp3) is 0.158. The predicted octanol–water partition coefficient (Wildman–Crippen LogP) is 3.65. The Labute approximate surface area is 153 Å². The van der Waals surface area contributed by atoms with Crippen LogP contribution >= 0.6 is 0 Å².